The number of rotatable bonds is 8. The predicted octanol–water partition coefficient (Wildman–Crippen LogP) is 0.967. The van der Waals surface area contributed by atoms with Gasteiger partial charge in [0.25, 0.3) is 11.1 Å². The SMILES string of the molecule is CCOC(=O)NC(CNC(=O)Cn1[nH]c(=O)c2ccccc2c1=O)CC(C)C. The number of hydrogen-bond acceptors (Lipinski definition) is 5. The highest BCUT2D eigenvalue weighted by Gasteiger charge is 2.16. The van der Waals surface area contributed by atoms with E-state index in [-0.39, 0.29) is 36.5 Å². The highest BCUT2D eigenvalue weighted by molar-refractivity contribution is 5.81. The Labute approximate surface area is 162 Å². The van der Waals surface area contributed by atoms with Crippen LogP contribution in [0.5, 0.6) is 0 Å². The summed E-state index contributed by atoms with van der Waals surface area (Å²) in [5.41, 5.74) is -0.890. The number of carbonyl (C=O) groups is 2. The molecule has 0 fully saturated rings. The van der Waals surface area contributed by atoms with Crippen molar-refractivity contribution < 1.29 is 14.3 Å². The predicted molar refractivity (Wildman–Crippen MR) is 105 cm³/mol. The molecule has 0 aliphatic heterocycles. The number of H-pyrrole nitrogens is 1. The molecule has 1 aromatic carbocycles. The lowest BCUT2D eigenvalue weighted by molar-refractivity contribution is -0.122. The lowest BCUT2D eigenvalue weighted by atomic mass is 10.0. The van der Waals surface area contributed by atoms with Crippen LogP contribution in [-0.4, -0.2) is 41.0 Å². The van der Waals surface area contributed by atoms with Gasteiger partial charge in [0.1, 0.15) is 6.54 Å². The number of nitrogens with one attached hydrogen (secondary N) is 3. The molecule has 9 nitrogen and oxygen atoms in total. The van der Waals surface area contributed by atoms with Crippen LogP contribution < -0.4 is 21.8 Å². The van der Waals surface area contributed by atoms with Crippen LogP contribution in [0.4, 0.5) is 4.79 Å². The number of alkyl carbamates (subject to hydrolysis) is 1. The van der Waals surface area contributed by atoms with Gasteiger partial charge in [0.2, 0.25) is 5.91 Å². The molecule has 1 heterocycles. The minimum absolute atomic E-state index is 0.183. The first-order valence-corrected chi connectivity index (χ1v) is 9.23. The summed E-state index contributed by atoms with van der Waals surface area (Å²) in [6, 6.07) is 6.11. The van der Waals surface area contributed by atoms with Crippen LogP contribution in [-0.2, 0) is 16.1 Å². The Bertz CT molecular complexity index is 947. The second kappa shape index (κ2) is 9.72. The molecule has 0 saturated carbocycles. The molecule has 2 amide bonds. The third-order valence-electron chi connectivity index (χ3n) is 4.08. The molecule has 1 unspecified atom stereocenters. The van der Waals surface area contributed by atoms with Crippen LogP contribution in [0.25, 0.3) is 10.8 Å². The van der Waals surface area contributed by atoms with E-state index in [1.165, 1.54) is 0 Å². The molecule has 0 bridgehead atoms. The zero-order chi connectivity index (χ0) is 20.7. The molecule has 28 heavy (non-hydrogen) atoms. The van der Waals surface area contributed by atoms with Crippen LogP contribution in [0.2, 0.25) is 0 Å². The van der Waals surface area contributed by atoms with E-state index in [9.17, 15) is 19.2 Å². The van der Waals surface area contributed by atoms with Gasteiger partial charge in [0.05, 0.1) is 17.4 Å². The standard InChI is InChI=1S/C19H26N4O5/c1-4-28-19(27)21-13(9-12(2)3)10-20-16(24)11-23-18(26)15-8-6-5-7-14(15)17(25)22-23/h5-8,12-13H,4,9-11H2,1-3H3,(H,20,24)(H,21,27)(H,22,25). The van der Waals surface area contributed by atoms with E-state index in [1.54, 1.807) is 31.2 Å². The normalized spacial score (nSPS) is 12.0. The van der Waals surface area contributed by atoms with Crippen LogP contribution >= 0.6 is 0 Å². The smallest absolute Gasteiger partial charge is 0.407 e. The molecule has 152 valence electrons. The number of fused-ring (bicyclic) bond motifs is 1. The first kappa shape index (κ1) is 21.2. The molecule has 0 aliphatic carbocycles. The Kier molecular flexibility index (Phi) is 7.36. The third kappa shape index (κ3) is 5.70. The van der Waals surface area contributed by atoms with Gasteiger partial charge >= 0.3 is 6.09 Å². The van der Waals surface area contributed by atoms with Crippen molar-refractivity contribution in [2.24, 2.45) is 5.92 Å². The Morgan fingerprint density at radius 2 is 1.86 bits per heavy atom. The number of carbonyl (C=O) groups excluding carboxylic acids is 2. The second-order valence-corrected chi connectivity index (χ2v) is 6.87. The first-order valence-electron chi connectivity index (χ1n) is 9.23. The van der Waals surface area contributed by atoms with Crippen molar-refractivity contribution in [1.82, 2.24) is 20.4 Å². The van der Waals surface area contributed by atoms with Gasteiger partial charge in [-0.3, -0.25) is 19.5 Å². The van der Waals surface area contributed by atoms with Gasteiger partial charge in [0.15, 0.2) is 0 Å². The largest absolute Gasteiger partial charge is 0.450 e. The van der Waals surface area contributed by atoms with Gasteiger partial charge in [-0.15, -0.1) is 0 Å². The average molecular weight is 390 g/mol. The number of benzene rings is 1. The molecule has 2 aromatic rings. The minimum Gasteiger partial charge on any atom is -0.450 e. The maximum Gasteiger partial charge on any atom is 0.407 e. The van der Waals surface area contributed by atoms with Gasteiger partial charge in [-0.2, -0.15) is 0 Å². The maximum atomic E-state index is 12.5. The molecule has 0 saturated heterocycles. The summed E-state index contributed by atoms with van der Waals surface area (Å²) < 4.78 is 5.86. The zero-order valence-electron chi connectivity index (χ0n) is 16.3. The Hall–Kier alpha value is -3.10. The van der Waals surface area contributed by atoms with Crippen LogP contribution in [0.1, 0.15) is 27.2 Å². The lowest BCUT2D eigenvalue weighted by Crippen LogP contribution is -2.46. The fourth-order valence-corrected chi connectivity index (χ4v) is 2.90. The minimum atomic E-state index is -0.544. The fourth-order valence-electron chi connectivity index (χ4n) is 2.90. The number of amides is 2. The highest BCUT2D eigenvalue weighted by atomic mass is 16.5. The fraction of sp³-hybridized carbons (Fsp3) is 0.474. The summed E-state index contributed by atoms with van der Waals surface area (Å²) in [5.74, 6) is -0.157. The van der Waals surface area contributed by atoms with Gasteiger partial charge in [-0.1, -0.05) is 26.0 Å². The lowest BCUT2D eigenvalue weighted by Gasteiger charge is -2.20. The van der Waals surface area contributed by atoms with Crippen LogP contribution in [0.15, 0.2) is 33.9 Å². The summed E-state index contributed by atoms with van der Waals surface area (Å²) in [7, 11) is 0. The maximum absolute atomic E-state index is 12.5. The van der Waals surface area contributed by atoms with Crippen LogP contribution in [0, 0.1) is 5.92 Å². The number of aromatic amines is 1. The van der Waals surface area contributed by atoms with Gasteiger partial charge in [0, 0.05) is 12.6 Å². The zero-order valence-corrected chi connectivity index (χ0v) is 16.3. The highest BCUT2D eigenvalue weighted by Crippen LogP contribution is 2.05. The van der Waals surface area contributed by atoms with Crippen LogP contribution in [0.3, 0.4) is 0 Å². The van der Waals surface area contributed by atoms with E-state index in [0.717, 1.165) is 4.68 Å². The summed E-state index contributed by atoms with van der Waals surface area (Å²) in [4.78, 5) is 48.5. The number of ether oxygens (including phenoxy) is 1. The molecular formula is C19H26N4O5. The van der Waals surface area contributed by atoms with E-state index in [2.05, 4.69) is 15.7 Å². The van der Waals surface area contributed by atoms with Gasteiger partial charge in [-0.05, 0) is 31.4 Å². The molecule has 9 heteroatoms. The van der Waals surface area contributed by atoms with Crippen molar-refractivity contribution in [3.63, 3.8) is 0 Å². The van der Waals surface area contributed by atoms with E-state index in [4.69, 9.17) is 4.74 Å². The van der Waals surface area contributed by atoms with Crippen molar-refractivity contribution in [3.8, 4) is 0 Å². The summed E-state index contributed by atoms with van der Waals surface area (Å²) in [5, 5.41) is 8.34. The molecule has 3 N–H and O–H groups in total. The number of aromatic nitrogens is 2. The summed E-state index contributed by atoms with van der Waals surface area (Å²) >= 11 is 0. The Morgan fingerprint density at radius 3 is 2.50 bits per heavy atom. The van der Waals surface area contributed by atoms with Gasteiger partial charge < -0.3 is 15.4 Å². The van der Waals surface area contributed by atoms with Crippen molar-refractivity contribution in [2.75, 3.05) is 13.2 Å². The summed E-state index contributed by atoms with van der Waals surface area (Å²) in [6.45, 7) is 5.82. The molecule has 0 aliphatic rings. The van der Waals surface area contributed by atoms with E-state index in [0.29, 0.717) is 12.3 Å². The van der Waals surface area contributed by atoms with E-state index < -0.39 is 23.1 Å². The number of hydrogen-bond donors (Lipinski definition) is 3. The topological polar surface area (TPSA) is 122 Å². The molecule has 1 aromatic heterocycles. The molecule has 0 spiro atoms. The summed E-state index contributed by atoms with van der Waals surface area (Å²) in [6.07, 6.45) is 0.101. The monoisotopic (exact) mass is 390 g/mol. The molecular weight excluding hydrogens is 364 g/mol. The second-order valence-electron chi connectivity index (χ2n) is 6.87. The average Bonchev–Trinajstić information content (AvgIpc) is 2.64. The van der Waals surface area contributed by atoms with Crippen molar-refractivity contribution in [3.05, 3.63) is 45.0 Å². The quantitative estimate of drug-likeness (QED) is 0.620. The van der Waals surface area contributed by atoms with E-state index >= 15 is 0 Å². The molecule has 2 rings (SSSR count). The third-order valence-corrected chi connectivity index (χ3v) is 4.08. The van der Waals surface area contributed by atoms with Gasteiger partial charge in [-0.25, -0.2) is 9.48 Å². The molecule has 0 radical (unpaired) electrons. The van der Waals surface area contributed by atoms with Crippen molar-refractivity contribution in [1.29, 1.82) is 0 Å². The first-order chi connectivity index (χ1) is 13.3. The Morgan fingerprint density at radius 1 is 1.18 bits per heavy atom. The number of nitrogens with zero attached hydrogens (tertiary/aromatic N) is 1. The van der Waals surface area contributed by atoms with Crippen molar-refractivity contribution in [2.45, 2.75) is 39.8 Å². The Balaban J connectivity index is 2.05. The molecule has 1 atom stereocenters. The van der Waals surface area contributed by atoms with E-state index in [1.807, 2.05) is 13.8 Å². The van der Waals surface area contributed by atoms with Crippen molar-refractivity contribution >= 4 is 22.8 Å².